The normalized spacial score (nSPS) is 11.6. The Morgan fingerprint density at radius 3 is 2.52 bits per heavy atom. The Balaban J connectivity index is 1.78. The van der Waals surface area contributed by atoms with Crippen molar-refractivity contribution in [3.05, 3.63) is 69.8 Å². The zero-order valence-electron chi connectivity index (χ0n) is 15.5. The minimum atomic E-state index is -0.933. The molecule has 0 aliphatic carbocycles. The molecule has 0 fully saturated rings. The van der Waals surface area contributed by atoms with Crippen LogP contribution >= 0.6 is 0 Å². The summed E-state index contributed by atoms with van der Waals surface area (Å²) in [7, 11) is 0. The van der Waals surface area contributed by atoms with Crippen LogP contribution in [0, 0.1) is 12.7 Å². The summed E-state index contributed by atoms with van der Waals surface area (Å²) in [6, 6.07) is 11.1. The lowest BCUT2D eigenvalue weighted by Gasteiger charge is -2.18. The number of aliphatic hydroxyl groups is 1. The van der Waals surface area contributed by atoms with E-state index in [-0.39, 0.29) is 18.6 Å². The number of halogens is 1. The molecule has 0 aliphatic heterocycles. The quantitative estimate of drug-likeness (QED) is 0.693. The van der Waals surface area contributed by atoms with Crippen molar-refractivity contribution < 1.29 is 19.0 Å². The van der Waals surface area contributed by atoms with E-state index in [0.717, 1.165) is 0 Å². The molecule has 0 radical (unpaired) electrons. The van der Waals surface area contributed by atoms with Gasteiger partial charge in [0.25, 0.3) is 0 Å². The summed E-state index contributed by atoms with van der Waals surface area (Å²) >= 11 is 0. The van der Waals surface area contributed by atoms with E-state index in [1.807, 2.05) is 0 Å². The third kappa shape index (κ3) is 4.65. The number of aromatic nitrogens is 1. The molecule has 0 saturated heterocycles. The van der Waals surface area contributed by atoms with Gasteiger partial charge in [0.1, 0.15) is 30.5 Å². The predicted molar refractivity (Wildman–Crippen MR) is 102 cm³/mol. The van der Waals surface area contributed by atoms with Crippen molar-refractivity contribution in [2.75, 3.05) is 6.61 Å². The highest BCUT2D eigenvalue weighted by Crippen LogP contribution is 2.22. The lowest BCUT2D eigenvalue weighted by Crippen LogP contribution is -2.27. The van der Waals surface area contributed by atoms with Crippen LogP contribution in [0.1, 0.15) is 25.1 Å². The average Bonchev–Trinajstić information content (AvgIpc) is 2.62. The first-order valence-corrected chi connectivity index (χ1v) is 8.62. The van der Waals surface area contributed by atoms with Gasteiger partial charge < -0.3 is 19.6 Å². The van der Waals surface area contributed by atoms with Gasteiger partial charge in [-0.25, -0.2) is 4.39 Å². The molecule has 0 amide bonds. The number of hydrogen-bond acceptors (Lipinski definition) is 4. The highest BCUT2D eigenvalue weighted by molar-refractivity contribution is 5.79. The Morgan fingerprint density at radius 2 is 1.81 bits per heavy atom. The number of pyridine rings is 1. The largest absolute Gasteiger partial charge is 0.490 e. The Hall–Kier alpha value is -2.86. The van der Waals surface area contributed by atoms with Gasteiger partial charge in [-0.2, -0.15) is 0 Å². The first kappa shape index (κ1) is 18.9. The summed E-state index contributed by atoms with van der Waals surface area (Å²) in [6.45, 7) is 5.33. The summed E-state index contributed by atoms with van der Waals surface area (Å²) in [5, 5.41) is 10.1. The molecule has 0 saturated carbocycles. The fourth-order valence-electron chi connectivity index (χ4n) is 2.62. The van der Waals surface area contributed by atoms with Crippen LogP contribution in [0.15, 0.2) is 47.3 Å². The van der Waals surface area contributed by atoms with Crippen molar-refractivity contribution in [1.29, 1.82) is 0 Å². The van der Waals surface area contributed by atoms with Crippen molar-refractivity contribution in [3.63, 3.8) is 0 Å². The molecule has 0 bridgehead atoms. The molecular formula is C21H22FNO4. The van der Waals surface area contributed by atoms with Crippen LogP contribution in [0.3, 0.4) is 0 Å². The molecular weight excluding hydrogens is 349 g/mol. The Morgan fingerprint density at radius 1 is 1.11 bits per heavy atom. The third-order valence-corrected chi connectivity index (χ3v) is 4.09. The lowest BCUT2D eigenvalue weighted by atomic mass is 10.1. The Labute approximate surface area is 156 Å². The van der Waals surface area contributed by atoms with Crippen molar-refractivity contribution >= 4 is 10.9 Å². The van der Waals surface area contributed by atoms with Crippen LogP contribution < -0.4 is 14.9 Å². The highest BCUT2D eigenvalue weighted by Gasteiger charge is 2.14. The molecule has 142 valence electrons. The first-order chi connectivity index (χ1) is 12.7. The van der Waals surface area contributed by atoms with Crippen LogP contribution in [0.4, 0.5) is 4.39 Å². The smallest absolute Gasteiger partial charge is 0.192 e. The van der Waals surface area contributed by atoms with Crippen LogP contribution in [0.25, 0.3) is 10.9 Å². The molecule has 1 aromatic heterocycles. The number of benzene rings is 2. The van der Waals surface area contributed by atoms with Crippen LogP contribution in [-0.2, 0) is 6.61 Å². The first-order valence-electron chi connectivity index (χ1n) is 8.62. The maximum absolute atomic E-state index is 13.4. The number of rotatable bonds is 6. The molecule has 2 N–H and O–H groups in total. The molecule has 27 heavy (non-hydrogen) atoms. The number of ether oxygens (including phenoxy) is 2. The summed E-state index contributed by atoms with van der Waals surface area (Å²) in [6.07, 6.45) is 0. The molecule has 5 nitrogen and oxygen atoms in total. The second-order valence-electron chi connectivity index (χ2n) is 7.11. The van der Waals surface area contributed by atoms with Crippen molar-refractivity contribution in [2.24, 2.45) is 0 Å². The van der Waals surface area contributed by atoms with E-state index in [4.69, 9.17) is 9.47 Å². The zero-order valence-corrected chi connectivity index (χ0v) is 15.5. The summed E-state index contributed by atoms with van der Waals surface area (Å²) in [4.78, 5) is 15.6. The van der Waals surface area contributed by atoms with Crippen molar-refractivity contribution in [1.82, 2.24) is 4.98 Å². The molecule has 3 aromatic rings. The van der Waals surface area contributed by atoms with Gasteiger partial charge in [0.15, 0.2) is 5.43 Å². The van der Waals surface area contributed by atoms with Gasteiger partial charge in [-0.1, -0.05) is 6.07 Å². The minimum Gasteiger partial charge on any atom is -0.490 e. The van der Waals surface area contributed by atoms with E-state index in [0.29, 0.717) is 33.7 Å². The zero-order chi connectivity index (χ0) is 19.6. The van der Waals surface area contributed by atoms with Gasteiger partial charge in [0, 0.05) is 22.5 Å². The number of hydrogen-bond donors (Lipinski definition) is 2. The molecule has 0 atom stereocenters. The number of aromatic amines is 1. The number of fused-ring (bicyclic) bond motifs is 1. The van der Waals surface area contributed by atoms with Crippen molar-refractivity contribution in [3.8, 4) is 11.5 Å². The fraction of sp³-hybridized carbons (Fsp3) is 0.286. The molecule has 0 unspecified atom stereocenters. The topological polar surface area (TPSA) is 71.5 Å². The molecule has 2 aromatic carbocycles. The standard InChI is InChI=1S/C21H22FNO4/c1-13-19(23-18-8-7-14(22)9-17(18)20(13)24)11-26-15-5-4-6-16(10-15)27-12-21(2,3)25/h4-10,25H,11-12H2,1-3H3,(H,23,24). The molecule has 3 rings (SSSR count). The monoisotopic (exact) mass is 371 g/mol. The predicted octanol–water partition coefficient (Wildman–Crippen LogP) is 3.70. The van der Waals surface area contributed by atoms with Gasteiger partial charge in [-0.05, 0) is 51.1 Å². The van der Waals surface area contributed by atoms with Crippen LogP contribution in [-0.4, -0.2) is 22.3 Å². The van der Waals surface area contributed by atoms with E-state index in [1.54, 1.807) is 51.1 Å². The SMILES string of the molecule is Cc1c(COc2cccc(OCC(C)(C)O)c2)[nH]c2ccc(F)cc2c1=O. The van der Waals surface area contributed by atoms with Crippen LogP contribution in [0.5, 0.6) is 11.5 Å². The molecule has 0 aliphatic rings. The second kappa shape index (κ2) is 7.40. The third-order valence-electron chi connectivity index (χ3n) is 4.09. The van der Waals surface area contributed by atoms with E-state index in [1.165, 1.54) is 12.1 Å². The maximum atomic E-state index is 13.4. The van der Waals surface area contributed by atoms with E-state index in [2.05, 4.69) is 4.98 Å². The van der Waals surface area contributed by atoms with Gasteiger partial charge in [-0.3, -0.25) is 4.79 Å². The van der Waals surface area contributed by atoms with Gasteiger partial charge in [0.2, 0.25) is 0 Å². The van der Waals surface area contributed by atoms with Gasteiger partial charge >= 0.3 is 0 Å². The summed E-state index contributed by atoms with van der Waals surface area (Å²) in [5.41, 5.74) is 0.527. The van der Waals surface area contributed by atoms with Crippen LogP contribution in [0.2, 0.25) is 0 Å². The number of H-pyrrole nitrogens is 1. The average molecular weight is 371 g/mol. The number of nitrogens with one attached hydrogen (secondary N) is 1. The molecule has 6 heteroatoms. The van der Waals surface area contributed by atoms with E-state index >= 15 is 0 Å². The van der Waals surface area contributed by atoms with Gasteiger partial charge in [-0.15, -0.1) is 0 Å². The van der Waals surface area contributed by atoms with E-state index < -0.39 is 11.4 Å². The van der Waals surface area contributed by atoms with Gasteiger partial charge in [0.05, 0.1) is 11.3 Å². The van der Waals surface area contributed by atoms with Crippen molar-refractivity contribution in [2.45, 2.75) is 33.0 Å². The molecule has 1 heterocycles. The minimum absolute atomic E-state index is 0.156. The Kier molecular flexibility index (Phi) is 5.19. The fourth-order valence-corrected chi connectivity index (χ4v) is 2.62. The lowest BCUT2D eigenvalue weighted by molar-refractivity contribution is 0.0284. The van der Waals surface area contributed by atoms with E-state index in [9.17, 15) is 14.3 Å². The highest BCUT2D eigenvalue weighted by atomic mass is 19.1. The maximum Gasteiger partial charge on any atom is 0.192 e. The summed E-state index contributed by atoms with van der Waals surface area (Å²) in [5.74, 6) is 0.704. The molecule has 0 spiro atoms. The Bertz CT molecular complexity index is 1020. The second-order valence-corrected chi connectivity index (χ2v) is 7.11. The summed E-state index contributed by atoms with van der Waals surface area (Å²) < 4.78 is 24.7.